The van der Waals surface area contributed by atoms with Crippen LogP contribution in [0.3, 0.4) is 0 Å². The zero-order chi connectivity index (χ0) is 17.4. The first-order valence-corrected chi connectivity index (χ1v) is 9.04. The van der Waals surface area contributed by atoms with Crippen molar-refractivity contribution in [3.8, 4) is 11.5 Å². The van der Waals surface area contributed by atoms with Crippen molar-refractivity contribution < 1.29 is 22.9 Å². The molecule has 0 spiro atoms. The van der Waals surface area contributed by atoms with Gasteiger partial charge in [0.1, 0.15) is 11.5 Å². The smallest absolute Gasteiger partial charge is 0.470 e. The maximum atomic E-state index is 13.1. The summed E-state index contributed by atoms with van der Waals surface area (Å²) >= 11 is 0. The summed E-state index contributed by atoms with van der Waals surface area (Å²) in [5.74, 6) is 1.41. The first kappa shape index (κ1) is 18.1. The van der Waals surface area contributed by atoms with E-state index in [0.717, 1.165) is 0 Å². The number of benzene rings is 2. The highest BCUT2D eigenvalue weighted by atomic mass is 31.2. The predicted molar refractivity (Wildman–Crippen MR) is 92.8 cm³/mol. The van der Waals surface area contributed by atoms with Crippen LogP contribution in [0.2, 0.25) is 0 Å². The van der Waals surface area contributed by atoms with Gasteiger partial charge in [-0.2, -0.15) is 0 Å². The summed E-state index contributed by atoms with van der Waals surface area (Å²) in [5, 5.41) is 0. The first-order valence-electron chi connectivity index (χ1n) is 7.58. The molecule has 0 aromatic heterocycles. The summed E-state index contributed by atoms with van der Waals surface area (Å²) in [7, 11) is -3.94. The molecular formula is C18H21O5P. The Bertz CT molecular complexity index is 654. The minimum absolute atomic E-state index is 0.381. The molecule has 0 aliphatic rings. The summed E-state index contributed by atoms with van der Waals surface area (Å²) in [5.41, 5.74) is 0. The zero-order valence-corrected chi connectivity index (χ0v) is 14.8. The fraction of sp³-hybridized carbons (Fsp3) is 0.222. The van der Waals surface area contributed by atoms with E-state index < -0.39 is 14.1 Å². The van der Waals surface area contributed by atoms with Crippen LogP contribution in [0.1, 0.15) is 20.8 Å². The van der Waals surface area contributed by atoms with E-state index in [0.29, 0.717) is 17.3 Å². The van der Waals surface area contributed by atoms with Gasteiger partial charge in [-0.05, 0) is 51.1 Å². The number of allylic oxidation sites excluding steroid dienone is 2. The lowest BCUT2D eigenvalue weighted by atomic mass is 10.3. The van der Waals surface area contributed by atoms with Crippen molar-refractivity contribution >= 4 is 7.82 Å². The molecule has 0 amide bonds. The molecule has 2 aromatic rings. The Morgan fingerprint density at radius 3 is 1.83 bits per heavy atom. The van der Waals surface area contributed by atoms with E-state index in [1.165, 1.54) is 0 Å². The number of phosphoric acid groups is 1. The molecule has 5 nitrogen and oxygen atoms in total. The van der Waals surface area contributed by atoms with Crippen LogP contribution in [-0.2, 0) is 13.8 Å². The molecule has 0 aliphatic heterocycles. The number of hydrogen-bond acceptors (Lipinski definition) is 5. The molecule has 0 bridgehead atoms. The van der Waals surface area contributed by atoms with Gasteiger partial charge in [0, 0.05) is 0 Å². The minimum atomic E-state index is -3.94. The Labute approximate surface area is 142 Å². The fourth-order valence-corrected chi connectivity index (χ4v) is 3.11. The van der Waals surface area contributed by atoms with E-state index in [9.17, 15) is 4.57 Å². The number of rotatable bonds is 8. The van der Waals surface area contributed by atoms with E-state index in [4.69, 9.17) is 18.3 Å². The van der Waals surface area contributed by atoms with Crippen LogP contribution in [0.4, 0.5) is 0 Å². The van der Waals surface area contributed by atoms with Crippen molar-refractivity contribution in [2.45, 2.75) is 27.1 Å². The van der Waals surface area contributed by atoms with Gasteiger partial charge in [-0.15, -0.1) is 0 Å². The molecule has 6 heteroatoms. The van der Waals surface area contributed by atoms with Crippen molar-refractivity contribution in [3.05, 3.63) is 72.5 Å². The lowest BCUT2D eigenvalue weighted by Gasteiger charge is -2.23. The second-order valence-corrected chi connectivity index (χ2v) is 6.42. The van der Waals surface area contributed by atoms with Crippen LogP contribution in [0.15, 0.2) is 72.5 Å². The molecule has 0 saturated carbocycles. The fourth-order valence-electron chi connectivity index (χ4n) is 1.82. The third-order valence-corrected chi connectivity index (χ3v) is 4.38. The summed E-state index contributed by atoms with van der Waals surface area (Å²) in [6.45, 7) is 5.24. The standard InChI is InChI=1S/C18H21O5P/c1-4-15(2)20-16(3)21-24(19,22-17-11-7-5-8-12-17)23-18-13-9-6-10-14-18/h4-14,16H,1-3H3/b15-4+. The van der Waals surface area contributed by atoms with Crippen molar-refractivity contribution in [3.63, 3.8) is 0 Å². The van der Waals surface area contributed by atoms with Gasteiger partial charge in [-0.1, -0.05) is 36.4 Å². The molecule has 24 heavy (non-hydrogen) atoms. The number of para-hydroxylation sites is 2. The molecule has 128 valence electrons. The van der Waals surface area contributed by atoms with Gasteiger partial charge in [0.2, 0.25) is 6.29 Å². The topological polar surface area (TPSA) is 54.0 Å². The Hall–Kier alpha value is -2.23. The molecule has 1 unspecified atom stereocenters. The highest BCUT2D eigenvalue weighted by molar-refractivity contribution is 7.49. The third kappa shape index (κ3) is 5.76. The maximum absolute atomic E-state index is 13.1. The molecule has 0 aliphatic carbocycles. The highest BCUT2D eigenvalue weighted by Crippen LogP contribution is 2.50. The average Bonchev–Trinajstić information content (AvgIpc) is 2.55. The molecule has 0 fully saturated rings. The molecule has 0 saturated heterocycles. The number of hydrogen-bond donors (Lipinski definition) is 0. The van der Waals surface area contributed by atoms with E-state index in [2.05, 4.69) is 0 Å². The lowest BCUT2D eigenvalue weighted by Crippen LogP contribution is -2.15. The van der Waals surface area contributed by atoms with E-state index in [1.807, 2.05) is 19.1 Å². The quantitative estimate of drug-likeness (QED) is 0.355. The van der Waals surface area contributed by atoms with E-state index in [1.54, 1.807) is 68.5 Å². The van der Waals surface area contributed by atoms with E-state index in [-0.39, 0.29) is 0 Å². The van der Waals surface area contributed by atoms with Gasteiger partial charge in [0.15, 0.2) is 0 Å². The molecule has 2 rings (SSSR count). The number of phosphoric ester groups is 1. The van der Waals surface area contributed by atoms with Crippen LogP contribution < -0.4 is 9.05 Å². The summed E-state index contributed by atoms with van der Waals surface area (Å²) in [4.78, 5) is 0. The second kappa shape index (κ2) is 8.57. The summed E-state index contributed by atoms with van der Waals surface area (Å²) < 4.78 is 35.0. The maximum Gasteiger partial charge on any atom is 0.590 e. The van der Waals surface area contributed by atoms with Crippen LogP contribution in [-0.4, -0.2) is 6.29 Å². The molecule has 0 heterocycles. The Balaban J connectivity index is 2.18. The molecule has 0 radical (unpaired) electrons. The van der Waals surface area contributed by atoms with Crippen LogP contribution in [0, 0.1) is 0 Å². The molecular weight excluding hydrogens is 327 g/mol. The van der Waals surface area contributed by atoms with E-state index >= 15 is 0 Å². The van der Waals surface area contributed by atoms with Gasteiger partial charge in [0.05, 0.1) is 5.76 Å². The second-order valence-electron chi connectivity index (χ2n) is 4.95. The molecule has 1 atom stereocenters. The normalized spacial score (nSPS) is 13.2. The first-order chi connectivity index (χ1) is 11.5. The summed E-state index contributed by atoms with van der Waals surface area (Å²) in [6, 6.07) is 17.4. The molecule has 0 N–H and O–H groups in total. The SMILES string of the molecule is C/C=C(\C)OC(C)OP(=O)(Oc1ccccc1)Oc1ccccc1. The number of ether oxygens (including phenoxy) is 1. The zero-order valence-electron chi connectivity index (χ0n) is 13.9. The lowest BCUT2D eigenvalue weighted by molar-refractivity contribution is -0.0422. The largest absolute Gasteiger partial charge is 0.590 e. The van der Waals surface area contributed by atoms with Crippen molar-refractivity contribution in [2.75, 3.05) is 0 Å². The third-order valence-electron chi connectivity index (χ3n) is 2.96. The van der Waals surface area contributed by atoms with Crippen LogP contribution >= 0.6 is 7.82 Å². The van der Waals surface area contributed by atoms with Gasteiger partial charge in [0.25, 0.3) is 0 Å². The van der Waals surface area contributed by atoms with Crippen molar-refractivity contribution in [1.29, 1.82) is 0 Å². The Morgan fingerprint density at radius 2 is 1.42 bits per heavy atom. The Morgan fingerprint density at radius 1 is 0.958 bits per heavy atom. The predicted octanol–water partition coefficient (Wildman–Crippen LogP) is 5.56. The van der Waals surface area contributed by atoms with Gasteiger partial charge < -0.3 is 13.8 Å². The van der Waals surface area contributed by atoms with Gasteiger partial charge in [-0.25, -0.2) is 9.09 Å². The monoisotopic (exact) mass is 348 g/mol. The Kier molecular flexibility index (Phi) is 6.47. The molecule has 2 aromatic carbocycles. The van der Waals surface area contributed by atoms with Crippen LogP contribution in [0.5, 0.6) is 11.5 Å². The minimum Gasteiger partial charge on any atom is -0.470 e. The van der Waals surface area contributed by atoms with Crippen LogP contribution in [0.25, 0.3) is 0 Å². The van der Waals surface area contributed by atoms with Crippen molar-refractivity contribution in [1.82, 2.24) is 0 Å². The van der Waals surface area contributed by atoms with Gasteiger partial charge in [-0.3, -0.25) is 0 Å². The average molecular weight is 348 g/mol. The highest BCUT2D eigenvalue weighted by Gasteiger charge is 2.34. The van der Waals surface area contributed by atoms with Crippen molar-refractivity contribution in [2.24, 2.45) is 0 Å². The summed E-state index contributed by atoms with van der Waals surface area (Å²) in [6.07, 6.45) is 0.973. The van der Waals surface area contributed by atoms with Gasteiger partial charge >= 0.3 is 7.82 Å².